The van der Waals surface area contributed by atoms with Crippen molar-refractivity contribution in [3.8, 4) is 5.75 Å². The van der Waals surface area contributed by atoms with Crippen LogP contribution in [0.1, 0.15) is 29.6 Å². The third-order valence-electron chi connectivity index (χ3n) is 6.76. The van der Waals surface area contributed by atoms with Crippen molar-refractivity contribution in [1.29, 1.82) is 0 Å². The summed E-state index contributed by atoms with van der Waals surface area (Å²) in [6.07, 6.45) is 3.60. The van der Waals surface area contributed by atoms with Crippen LogP contribution in [0.3, 0.4) is 0 Å². The number of amides is 1. The van der Waals surface area contributed by atoms with Gasteiger partial charge in [-0.25, -0.2) is 0 Å². The summed E-state index contributed by atoms with van der Waals surface area (Å²) >= 11 is 0. The number of nitrogens with zero attached hydrogens (tertiary/aromatic N) is 2. The molecule has 0 spiro atoms. The first-order chi connectivity index (χ1) is 15.2. The number of hydrogen-bond donors (Lipinski definition) is 1. The molecule has 0 radical (unpaired) electrons. The Balaban J connectivity index is 1.16. The van der Waals surface area contributed by atoms with Gasteiger partial charge in [0.15, 0.2) is 0 Å². The molecule has 0 bridgehead atoms. The molecule has 1 amide bonds. The van der Waals surface area contributed by atoms with Gasteiger partial charge in [-0.1, -0.05) is 0 Å². The van der Waals surface area contributed by atoms with Crippen LogP contribution in [0, 0.1) is 5.92 Å². The molecule has 1 unspecified atom stereocenters. The monoisotopic (exact) mass is 421 g/mol. The fraction of sp³-hybridized carbons (Fsp3) is 0.480. The minimum absolute atomic E-state index is 0.114. The number of carbonyl (C=O) groups is 1. The van der Waals surface area contributed by atoms with Crippen LogP contribution in [-0.4, -0.2) is 62.8 Å². The van der Waals surface area contributed by atoms with Crippen molar-refractivity contribution < 1.29 is 14.3 Å². The summed E-state index contributed by atoms with van der Waals surface area (Å²) in [7, 11) is 2.21. The number of fused-ring (bicyclic) bond motifs is 1. The van der Waals surface area contributed by atoms with Crippen molar-refractivity contribution in [2.75, 3.05) is 50.1 Å². The lowest BCUT2D eigenvalue weighted by atomic mass is 10.0. The van der Waals surface area contributed by atoms with E-state index in [0.717, 1.165) is 49.9 Å². The average molecular weight is 422 g/mol. The second-order valence-electron chi connectivity index (χ2n) is 9.00. The minimum Gasteiger partial charge on any atom is -0.491 e. The van der Waals surface area contributed by atoms with Gasteiger partial charge in [0.25, 0.3) is 5.91 Å². The molecule has 0 aliphatic carbocycles. The lowest BCUT2D eigenvalue weighted by Gasteiger charge is -2.26. The van der Waals surface area contributed by atoms with Crippen molar-refractivity contribution in [1.82, 2.24) is 4.90 Å². The van der Waals surface area contributed by atoms with Gasteiger partial charge in [0.1, 0.15) is 12.4 Å². The van der Waals surface area contributed by atoms with Crippen LogP contribution in [0.25, 0.3) is 0 Å². The van der Waals surface area contributed by atoms with Crippen molar-refractivity contribution in [3.05, 3.63) is 54.1 Å². The molecule has 164 valence electrons. The molecule has 3 fully saturated rings. The van der Waals surface area contributed by atoms with Crippen LogP contribution in [0.5, 0.6) is 5.75 Å². The maximum Gasteiger partial charge on any atom is 0.255 e. The first-order valence-corrected chi connectivity index (χ1v) is 11.4. The highest BCUT2D eigenvalue weighted by Crippen LogP contribution is 2.34. The lowest BCUT2D eigenvalue weighted by molar-refractivity contribution is 0.0679. The van der Waals surface area contributed by atoms with Gasteiger partial charge >= 0.3 is 0 Å². The molecule has 2 aromatic carbocycles. The highest BCUT2D eigenvalue weighted by Gasteiger charge is 2.39. The molecule has 3 aliphatic rings. The maximum atomic E-state index is 12.6. The van der Waals surface area contributed by atoms with Crippen LogP contribution in [0.15, 0.2) is 48.5 Å². The third kappa shape index (κ3) is 4.55. The van der Waals surface area contributed by atoms with E-state index in [2.05, 4.69) is 34.3 Å². The summed E-state index contributed by atoms with van der Waals surface area (Å²) in [5.41, 5.74) is 2.67. The molecular weight excluding hydrogens is 390 g/mol. The Kier molecular flexibility index (Phi) is 5.83. The fourth-order valence-corrected chi connectivity index (χ4v) is 5.10. The molecule has 0 aromatic heterocycles. The Morgan fingerprint density at radius 2 is 1.90 bits per heavy atom. The molecule has 31 heavy (non-hydrogen) atoms. The predicted molar refractivity (Wildman–Crippen MR) is 122 cm³/mol. The van der Waals surface area contributed by atoms with Gasteiger partial charge in [-0.3, -0.25) is 4.79 Å². The van der Waals surface area contributed by atoms with Crippen LogP contribution in [-0.2, 0) is 4.74 Å². The number of ether oxygens (including phenoxy) is 2. The van der Waals surface area contributed by atoms with Crippen molar-refractivity contribution in [2.24, 2.45) is 5.92 Å². The topological polar surface area (TPSA) is 54.0 Å². The molecule has 6 nitrogen and oxygen atoms in total. The number of benzene rings is 2. The number of likely N-dealkylation sites (tertiary alicyclic amines) is 1. The smallest absolute Gasteiger partial charge is 0.255 e. The normalized spacial score (nSPS) is 25.6. The summed E-state index contributed by atoms with van der Waals surface area (Å²) in [5.74, 6) is 1.43. The van der Waals surface area contributed by atoms with E-state index in [1.807, 2.05) is 24.3 Å². The summed E-state index contributed by atoms with van der Waals surface area (Å²) in [4.78, 5) is 17.6. The molecule has 6 heteroatoms. The largest absolute Gasteiger partial charge is 0.491 e. The number of likely N-dealkylation sites (N-methyl/N-ethyl adjacent to an activating group) is 1. The summed E-state index contributed by atoms with van der Waals surface area (Å²) in [5, 5.41) is 3.00. The first kappa shape index (κ1) is 20.3. The van der Waals surface area contributed by atoms with Gasteiger partial charge in [0.2, 0.25) is 0 Å². The number of carbonyl (C=O) groups excluding carboxylic acids is 1. The Labute approximate surface area is 184 Å². The molecule has 5 rings (SSSR count). The summed E-state index contributed by atoms with van der Waals surface area (Å²) < 4.78 is 11.4. The number of nitrogens with one attached hydrogen (secondary N) is 1. The molecule has 3 heterocycles. The van der Waals surface area contributed by atoms with E-state index in [4.69, 9.17) is 9.47 Å². The van der Waals surface area contributed by atoms with Gasteiger partial charge in [-0.05, 0) is 80.8 Å². The molecule has 3 aliphatic heterocycles. The van der Waals surface area contributed by atoms with E-state index in [0.29, 0.717) is 18.2 Å². The second kappa shape index (κ2) is 8.89. The molecule has 1 N–H and O–H groups in total. The Hall–Kier alpha value is -2.57. The Morgan fingerprint density at radius 3 is 2.65 bits per heavy atom. The SMILES string of the molecule is CN1C[C@H]2CCN(c3ccc(NC(=O)c4ccc(OCC5CCCO5)cc4)cc3)[C@H]2C1. The Morgan fingerprint density at radius 1 is 1.10 bits per heavy atom. The van der Waals surface area contributed by atoms with Crippen LogP contribution in [0.2, 0.25) is 0 Å². The Bertz CT molecular complexity index is 893. The summed E-state index contributed by atoms with van der Waals surface area (Å²) in [6, 6.07) is 16.1. The lowest BCUT2D eigenvalue weighted by Crippen LogP contribution is -2.34. The molecule has 0 saturated carbocycles. The second-order valence-corrected chi connectivity index (χ2v) is 9.00. The van der Waals surface area contributed by atoms with Gasteiger partial charge in [0, 0.05) is 49.2 Å². The van der Waals surface area contributed by atoms with Crippen LogP contribution >= 0.6 is 0 Å². The number of hydrogen-bond acceptors (Lipinski definition) is 5. The van der Waals surface area contributed by atoms with E-state index >= 15 is 0 Å². The molecule has 3 saturated heterocycles. The minimum atomic E-state index is -0.114. The van der Waals surface area contributed by atoms with Crippen molar-refractivity contribution in [3.63, 3.8) is 0 Å². The molecular formula is C25H31N3O3. The third-order valence-corrected chi connectivity index (χ3v) is 6.76. The van der Waals surface area contributed by atoms with E-state index in [1.54, 1.807) is 12.1 Å². The van der Waals surface area contributed by atoms with E-state index in [9.17, 15) is 4.79 Å². The van der Waals surface area contributed by atoms with Crippen LogP contribution in [0.4, 0.5) is 11.4 Å². The maximum absolute atomic E-state index is 12.6. The van der Waals surface area contributed by atoms with E-state index in [1.165, 1.54) is 18.7 Å². The molecule has 3 atom stereocenters. The zero-order chi connectivity index (χ0) is 21.2. The highest BCUT2D eigenvalue weighted by atomic mass is 16.5. The average Bonchev–Trinajstić information content (AvgIpc) is 3.51. The van der Waals surface area contributed by atoms with Crippen molar-refractivity contribution >= 4 is 17.3 Å². The van der Waals surface area contributed by atoms with Gasteiger partial charge in [-0.2, -0.15) is 0 Å². The standard InChI is InChI=1S/C25H31N3O3/c1-27-15-19-12-13-28(24(19)16-27)21-8-6-20(7-9-21)26-25(29)18-4-10-22(11-5-18)31-17-23-3-2-14-30-23/h4-11,19,23-24H,2-3,12-17H2,1H3,(H,26,29)/t19-,23?,24+/m1/s1. The predicted octanol–water partition coefficient (Wildman–Crippen LogP) is 3.64. The fourth-order valence-electron chi connectivity index (χ4n) is 5.10. The van der Waals surface area contributed by atoms with Crippen LogP contribution < -0.4 is 15.0 Å². The zero-order valence-corrected chi connectivity index (χ0v) is 18.1. The van der Waals surface area contributed by atoms with Crippen molar-refractivity contribution in [2.45, 2.75) is 31.4 Å². The van der Waals surface area contributed by atoms with Gasteiger partial charge in [-0.15, -0.1) is 0 Å². The first-order valence-electron chi connectivity index (χ1n) is 11.4. The summed E-state index contributed by atoms with van der Waals surface area (Å²) in [6.45, 7) is 4.84. The van der Waals surface area contributed by atoms with E-state index in [-0.39, 0.29) is 12.0 Å². The van der Waals surface area contributed by atoms with Gasteiger partial charge < -0.3 is 24.6 Å². The van der Waals surface area contributed by atoms with E-state index < -0.39 is 0 Å². The quantitative estimate of drug-likeness (QED) is 0.772. The van der Waals surface area contributed by atoms with Gasteiger partial charge in [0.05, 0.1) is 6.10 Å². The number of anilines is 2. The zero-order valence-electron chi connectivity index (χ0n) is 18.1. The highest BCUT2D eigenvalue weighted by molar-refractivity contribution is 6.04. The number of rotatable bonds is 6. The molecule has 2 aromatic rings.